The molecule has 0 heterocycles. The minimum absolute atomic E-state index is 0. The summed E-state index contributed by atoms with van der Waals surface area (Å²) in [5.74, 6) is 0. The Hall–Kier alpha value is 1.40. The van der Waals surface area contributed by atoms with E-state index in [1.165, 1.54) is 0 Å². The van der Waals surface area contributed by atoms with E-state index >= 15 is 0 Å². The maximum absolute atomic E-state index is 8.36. The molecule has 0 aromatic rings. The van der Waals surface area contributed by atoms with Crippen molar-refractivity contribution in [2.45, 2.75) is 0 Å². The molecule has 0 aromatic heterocycles. The molecule has 0 aromatic carbocycles. The molecule has 6 nitrogen and oxygen atoms in total. The molecule has 7 heteroatoms. The van der Waals surface area contributed by atoms with E-state index in [0.717, 1.165) is 0 Å². The van der Waals surface area contributed by atoms with Crippen LogP contribution in [0.3, 0.4) is 0 Å². The summed E-state index contributed by atoms with van der Waals surface area (Å²) in [5.41, 5.74) is 0. The third-order valence-electron chi connectivity index (χ3n) is 1.22. The van der Waals surface area contributed by atoms with Crippen LogP contribution in [0, 0.1) is 0 Å². The summed E-state index contributed by atoms with van der Waals surface area (Å²) in [6.45, 7) is 2.76. The molecule has 0 saturated carbocycles. The van der Waals surface area contributed by atoms with E-state index in [-0.39, 0.29) is 70.1 Å². The van der Waals surface area contributed by atoms with Gasteiger partial charge < -0.3 is 29.9 Å². The Kier molecular flexibility index (Phi) is 30.0. The van der Waals surface area contributed by atoms with E-state index in [9.17, 15) is 0 Å². The number of ether oxygens (including phenoxy) is 3. The topological polar surface area (TPSA) is 98.2 Å². The smallest absolute Gasteiger partial charge is 0.870 e. The van der Waals surface area contributed by atoms with Crippen LogP contribution in [0.25, 0.3) is 0 Å². The number of aliphatic hydroxyl groups excluding tert-OH is 2. The first kappa shape index (κ1) is 21.7. The van der Waals surface area contributed by atoms with Gasteiger partial charge >= 0.3 is 51.4 Å². The number of rotatable bonds is 10. The zero-order chi connectivity index (χ0) is 9.78. The van der Waals surface area contributed by atoms with Gasteiger partial charge in [0.1, 0.15) is 0 Å². The van der Waals surface area contributed by atoms with Crippen LogP contribution in [0.5, 0.6) is 0 Å². The second kappa shape index (κ2) is 20.8. The van der Waals surface area contributed by atoms with Crippen LogP contribution in [0.15, 0.2) is 0 Å². The predicted molar refractivity (Wildman–Crippen MR) is 48.6 cm³/mol. The van der Waals surface area contributed by atoms with Gasteiger partial charge in [0.25, 0.3) is 0 Å². The van der Waals surface area contributed by atoms with Crippen LogP contribution in [0.4, 0.5) is 0 Å². The van der Waals surface area contributed by atoms with E-state index in [2.05, 4.69) is 0 Å². The van der Waals surface area contributed by atoms with E-state index in [1.54, 1.807) is 0 Å². The molecule has 0 bridgehead atoms. The van der Waals surface area contributed by atoms with Gasteiger partial charge in [-0.1, -0.05) is 0 Å². The third-order valence-corrected chi connectivity index (χ3v) is 1.22. The van der Waals surface area contributed by atoms with Gasteiger partial charge in [0, 0.05) is 0 Å². The Morgan fingerprint density at radius 3 is 1.13 bits per heavy atom. The summed E-state index contributed by atoms with van der Waals surface area (Å²) in [6.07, 6.45) is 0. The molecule has 0 saturated heterocycles. The predicted octanol–water partition coefficient (Wildman–Crippen LogP) is -4.15. The average Bonchev–Trinajstić information content (AvgIpc) is 2.16. The zero-order valence-corrected chi connectivity index (χ0v) is 12.3. The van der Waals surface area contributed by atoms with Gasteiger partial charge in [0.15, 0.2) is 0 Å². The van der Waals surface area contributed by atoms with Gasteiger partial charge in [-0.3, -0.25) is 0 Å². The number of aliphatic hydroxyl groups is 2. The largest absolute Gasteiger partial charge is 1.00 e. The van der Waals surface area contributed by atoms with Crippen LogP contribution in [-0.2, 0) is 14.2 Å². The molecule has 0 fully saturated rings. The fourth-order valence-electron chi connectivity index (χ4n) is 0.671. The Morgan fingerprint density at radius 1 is 0.600 bits per heavy atom. The Morgan fingerprint density at radius 2 is 0.867 bits per heavy atom. The molecule has 0 aliphatic heterocycles. The Bertz CT molecular complexity index is 85.2. The molecular weight excluding hydrogens is 231 g/mol. The van der Waals surface area contributed by atoms with Crippen LogP contribution in [0.1, 0.15) is 0 Å². The van der Waals surface area contributed by atoms with Crippen molar-refractivity contribution in [1.29, 1.82) is 0 Å². The summed E-state index contributed by atoms with van der Waals surface area (Å²) in [6, 6.07) is 0. The monoisotopic (exact) mass is 250 g/mol. The van der Waals surface area contributed by atoms with E-state index in [4.69, 9.17) is 24.4 Å². The van der Waals surface area contributed by atoms with Crippen LogP contribution in [0.2, 0.25) is 0 Å². The molecular formula is C8H19KO6. The molecule has 15 heavy (non-hydrogen) atoms. The fourth-order valence-corrected chi connectivity index (χ4v) is 0.671. The molecule has 0 amide bonds. The number of hydrogen-bond donors (Lipinski definition) is 2. The van der Waals surface area contributed by atoms with Gasteiger partial charge in [-0.2, -0.15) is 0 Å². The van der Waals surface area contributed by atoms with E-state index in [0.29, 0.717) is 39.6 Å². The van der Waals surface area contributed by atoms with Gasteiger partial charge in [-0.15, -0.1) is 0 Å². The van der Waals surface area contributed by atoms with Crippen molar-refractivity contribution in [3.05, 3.63) is 0 Å². The van der Waals surface area contributed by atoms with Crippen molar-refractivity contribution in [3.8, 4) is 0 Å². The summed E-state index contributed by atoms with van der Waals surface area (Å²) >= 11 is 0. The molecule has 3 N–H and O–H groups in total. The average molecular weight is 250 g/mol. The molecule has 0 spiro atoms. The first-order valence-corrected chi connectivity index (χ1v) is 4.36. The Labute approximate surface area is 133 Å². The SMILES string of the molecule is OCCOCCOCCOCCO.[K+].[OH-]. The molecule has 88 valence electrons. The number of hydrogen-bond acceptors (Lipinski definition) is 6. The fraction of sp³-hybridized carbons (Fsp3) is 1.00. The molecule has 0 aliphatic rings. The van der Waals surface area contributed by atoms with Gasteiger partial charge in [0.05, 0.1) is 52.9 Å². The normalized spacial score (nSPS) is 9.20. The first-order valence-electron chi connectivity index (χ1n) is 4.36. The van der Waals surface area contributed by atoms with Crippen molar-refractivity contribution in [2.75, 3.05) is 52.9 Å². The minimum Gasteiger partial charge on any atom is -0.870 e. The molecule has 0 unspecified atom stereocenters. The molecule has 0 radical (unpaired) electrons. The maximum Gasteiger partial charge on any atom is 1.00 e. The second-order valence-electron chi connectivity index (χ2n) is 2.28. The standard InChI is InChI=1S/C8H18O5.K.H2O/c9-1-3-11-5-7-13-8-6-12-4-2-10;;/h9-10H,1-8H2;;1H2/q;+1;/p-1. The Balaban J connectivity index is -0.000000720. The van der Waals surface area contributed by atoms with E-state index < -0.39 is 0 Å². The van der Waals surface area contributed by atoms with Crippen molar-refractivity contribution in [2.24, 2.45) is 0 Å². The maximum atomic E-state index is 8.36. The summed E-state index contributed by atoms with van der Waals surface area (Å²) in [4.78, 5) is 0. The summed E-state index contributed by atoms with van der Waals surface area (Å²) in [7, 11) is 0. The van der Waals surface area contributed by atoms with Crippen LogP contribution < -0.4 is 51.4 Å². The van der Waals surface area contributed by atoms with Crippen LogP contribution >= 0.6 is 0 Å². The summed E-state index contributed by atoms with van der Waals surface area (Å²) < 4.78 is 15.0. The zero-order valence-electron chi connectivity index (χ0n) is 9.22. The van der Waals surface area contributed by atoms with Gasteiger partial charge in [-0.05, 0) is 0 Å². The van der Waals surface area contributed by atoms with Crippen LogP contribution in [-0.4, -0.2) is 68.5 Å². The second-order valence-corrected chi connectivity index (χ2v) is 2.28. The first-order chi connectivity index (χ1) is 6.41. The molecule has 0 rings (SSSR count). The third kappa shape index (κ3) is 21.3. The van der Waals surface area contributed by atoms with Crippen molar-refractivity contribution in [1.82, 2.24) is 0 Å². The quantitative estimate of drug-likeness (QED) is 0.302. The van der Waals surface area contributed by atoms with Crippen molar-refractivity contribution in [3.63, 3.8) is 0 Å². The van der Waals surface area contributed by atoms with Gasteiger partial charge in [-0.25, -0.2) is 0 Å². The molecule has 0 atom stereocenters. The molecule has 0 aliphatic carbocycles. The minimum atomic E-state index is 0. The summed E-state index contributed by atoms with van der Waals surface area (Å²) in [5, 5.41) is 16.7. The van der Waals surface area contributed by atoms with Crippen molar-refractivity contribution >= 4 is 0 Å². The van der Waals surface area contributed by atoms with Gasteiger partial charge in [0.2, 0.25) is 0 Å². The van der Waals surface area contributed by atoms with Crippen molar-refractivity contribution < 1.29 is 81.3 Å². The van der Waals surface area contributed by atoms with E-state index in [1.807, 2.05) is 0 Å².